The lowest BCUT2D eigenvalue weighted by Crippen LogP contribution is -2.29. The second-order valence-electron chi connectivity index (χ2n) is 3.01. The fourth-order valence-electron chi connectivity index (χ4n) is 0.913. The molecular formula is C7H11N3O2. The molecule has 0 radical (unpaired) electrons. The van der Waals surface area contributed by atoms with Crippen LogP contribution in [0.1, 0.15) is 24.3 Å². The van der Waals surface area contributed by atoms with Crippen LogP contribution in [0.25, 0.3) is 0 Å². The number of nitrogens with two attached hydrogens (primary N) is 1. The van der Waals surface area contributed by atoms with Crippen LogP contribution < -0.4 is 5.73 Å². The number of imidazole rings is 1. The molecule has 0 bridgehead atoms. The summed E-state index contributed by atoms with van der Waals surface area (Å²) in [5.41, 5.74) is 4.09. The molecule has 0 aliphatic heterocycles. The minimum absolute atomic E-state index is 0.197. The highest BCUT2D eigenvalue weighted by molar-refractivity contribution is 5.90. The summed E-state index contributed by atoms with van der Waals surface area (Å²) >= 11 is 0. The second kappa shape index (κ2) is 2.60. The minimum Gasteiger partial charge on any atom is -0.371 e. The number of hydrogen-bond donors (Lipinski definition) is 2. The smallest absolute Gasteiger partial charge is 0.267 e. The van der Waals surface area contributed by atoms with Crippen molar-refractivity contribution in [2.75, 3.05) is 0 Å². The van der Waals surface area contributed by atoms with Crippen molar-refractivity contribution in [3.8, 4) is 0 Å². The average molecular weight is 169 g/mol. The van der Waals surface area contributed by atoms with Gasteiger partial charge in [-0.1, -0.05) is 0 Å². The first-order valence-corrected chi connectivity index (χ1v) is 3.48. The zero-order valence-electron chi connectivity index (χ0n) is 6.98. The van der Waals surface area contributed by atoms with Gasteiger partial charge in [0.15, 0.2) is 0 Å². The minimum atomic E-state index is -1.15. The Balaban J connectivity index is 3.17. The van der Waals surface area contributed by atoms with Crippen LogP contribution >= 0.6 is 0 Å². The topological polar surface area (TPSA) is 81.1 Å². The number of primary amides is 1. The summed E-state index contributed by atoms with van der Waals surface area (Å²) in [7, 11) is 0. The van der Waals surface area contributed by atoms with E-state index < -0.39 is 11.6 Å². The van der Waals surface area contributed by atoms with Crippen LogP contribution in [0.4, 0.5) is 0 Å². The number of aliphatic hydroxyl groups is 1. The van der Waals surface area contributed by atoms with Gasteiger partial charge in [-0.2, -0.15) is 0 Å². The number of carbonyl (C=O) groups excluding carboxylic acids is 1. The third kappa shape index (κ3) is 1.45. The summed E-state index contributed by atoms with van der Waals surface area (Å²) in [4.78, 5) is 14.5. The SMILES string of the molecule is CC(C)(O)n1cncc1C(N)=O. The largest absolute Gasteiger partial charge is 0.371 e. The van der Waals surface area contributed by atoms with E-state index in [2.05, 4.69) is 4.98 Å². The van der Waals surface area contributed by atoms with Crippen LogP contribution in [0.5, 0.6) is 0 Å². The molecule has 5 heteroatoms. The first-order chi connectivity index (χ1) is 5.43. The molecule has 1 aromatic rings. The molecule has 5 nitrogen and oxygen atoms in total. The summed E-state index contributed by atoms with van der Waals surface area (Å²) in [6, 6.07) is 0. The van der Waals surface area contributed by atoms with Crippen molar-refractivity contribution in [1.82, 2.24) is 9.55 Å². The van der Waals surface area contributed by atoms with E-state index in [0.29, 0.717) is 0 Å². The molecule has 3 N–H and O–H groups in total. The molecule has 1 rings (SSSR count). The van der Waals surface area contributed by atoms with Gasteiger partial charge in [0.1, 0.15) is 11.4 Å². The number of aromatic nitrogens is 2. The van der Waals surface area contributed by atoms with E-state index in [9.17, 15) is 9.90 Å². The molecule has 0 aliphatic rings. The molecule has 0 unspecified atom stereocenters. The molecule has 0 saturated carbocycles. The lowest BCUT2D eigenvalue weighted by molar-refractivity contribution is -0.000446. The van der Waals surface area contributed by atoms with E-state index in [1.807, 2.05) is 0 Å². The number of rotatable bonds is 2. The summed E-state index contributed by atoms with van der Waals surface area (Å²) in [5.74, 6) is -0.602. The van der Waals surface area contributed by atoms with E-state index in [1.54, 1.807) is 13.8 Å². The lowest BCUT2D eigenvalue weighted by atomic mass is 10.3. The standard InChI is InChI=1S/C7H11N3O2/c1-7(2,12)10-4-9-3-5(10)6(8)11/h3-4,12H,1-2H3,(H2,8,11). The zero-order valence-corrected chi connectivity index (χ0v) is 6.98. The molecule has 0 atom stereocenters. The molecule has 0 aromatic carbocycles. The maximum Gasteiger partial charge on any atom is 0.267 e. The van der Waals surface area contributed by atoms with Gasteiger partial charge in [0.2, 0.25) is 0 Å². The van der Waals surface area contributed by atoms with Gasteiger partial charge in [-0.3, -0.25) is 9.36 Å². The molecule has 12 heavy (non-hydrogen) atoms. The number of hydrogen-bond acceptors (Lipinski definition) is 3. The number of nitrogens with zero attached hydrogens (tertiary/aromatic N) is 2. The Bertz CT molecular complexity index is 298. The quantitative estimate of drug-likeness (QED) is 0.635. The van der Waals surface area contributed by atoms with Crippen LogP contribution in [0, 0.1) is 0 Å². The Morgan fingerprint density at radius 2 is 2.33 bits per heavy atom. The first kappa shape index (κ1) is 8.73. The van der Waals surface area contributed by atoms with Crippen molar-refractivity contribution in [2.24, 2.45) is 5.73 Å². The van der Waals surface area contributed by atoms with Crippen LogP contribution in [-0.2, 0) is 5.72 Å². The molecule has 0 spiro atoms. The van der Waals surface area contributed by atoms with E-state index in [4.69, 9.17) is 5.73 Å². The molecule has 1 heterocycles. The van der Waals surface area contributed by atoms with Gasteiger partial charge in [0.05, 0.1) is 12.5 Å². The highest BCUT2D eigenvalue weighted by atomic mass is 16.3. The van der Waals surface area contributed by atoms with Crippen molar-refractivity contribution in [1.29, 1.82) is 0 Å². The van der Waals surface area contributed by atoms with Gasteiger partial charge in [-0.25, -0.2) is 4.98 Å². The van der Waals surface area contributed by atoms with Crippen molar-refractivity contribution in [3.05, 3.63) is 18.2 Å². The Hall–Kier alpha value is -1.36. The van der Waals surface area contributed by atoms with Gasteiger partial charge in [-0.05, 0) is 13.8 Å². The zero-order chi connectivity index (χ0) is 9.35. The molecule has 1 aromatic heterocycles. The normalized spacial score (nSPS) is 11.6. The molecule has 0 fully saturated rings. The molecule has 0 aliphatic carbocycles. The van der Waals surface area contributed by atoms with Crippen LogP contribution in [-0.4, -0.2) is 20.6 Å². The van der Waals surface area contributed by atoms with Crippen LogP contribution in [0.2, 0.25) is 0 Å². The Kier molecular flexibility index (Phi) is 1.89. The third-order valence-electron chi connectivity index (χ3n) is 1.48. The van der Waals surface area contributed by atoms with E-state index in [-0.39, 0.29) is 5.69 Å². The predicted molar refractivity (Wildman–Crippen MR) is 42.3 cm³/mol. The Labute approximate surface area is 69.8 Å². The molecule has 66 valence electrons. The van der Waals surface area contributed by atoms with Gasteiger partial charge >= 0.3 is 0 Å². The van der Waals surface area contributed by atoms with E-state index in [1.165, 1.54) is 17.1 Å². The predicted octanol–water partition coefficient (Wildman–Crippen LogP) is -0.333. The summed E-state index contributed by atoms with van der Waals surface area (Å²) in [5, 5.41) is 9.52. The fraction of sp³-hybridized carbons (Fsp3) is 0.429. The average Bonchev–Trinajstić information content (AvgIpc) is 2.30. The lowest BCUT2D eigenvalue weighted by Gasteiger charge is -2.20. The molecule has 0 saturated heterocycles. The first-order valence-electron chi connectivity index (χ1n) is 3.48. The van der Waals surface area contributed by atoms with Gasteiger partial charge < -0.3 is 10.8 Å². The van der Waals surface area contributed by atoms with Gasteiger partial charge in [-0.15, -0.1) is 0 Å². The maximum absolute atomic E-state index is 10.8. The highest BCUT2D eigenvalue weighted by Gasteiger charge is 2.20. The summed E-state index contributed by atoms with van der Waals surface area (Å²) in [6.45, 7) is 3.09. The van der Waals surface area contributed by atoms with Crippen molar-refractivity contribution in [2.45, 2.75) is 19.6 Å². The Morgan fingerprint density at radius 1 is 1.75 bits per heavy atom. The number of amides is 1. The van der Waals surface area contributed by atoms with Crippen molar-refractivity contribution >= 4 is 5.91 Å². The Morgan fingerprint density at radius 3 is 2.67 bits per heavy atom. The number of carbonyl (C=O) groups is 1. The van der Waals surface area contributed by atoms with Gasteiger partial charge in [0, 0.05) is 0 Å². The summed E-state index contributed by atoms with van der Waals surface area (Å²) < 4.78 is 1.31. The maximum atomic E-state index is 10.8. The van der Waals surface area contributed by atoms with Crippen LogP contribution in [0.15, 0.2) is 12.5 Å². The van der Waals surface area contributed by atoms with Crippen LogP contribution in [0.3, 0.4) is 0 Å². The van der Waals surface area contributed by atoms with E-state index in [0.717, 1.165) is 0 Å². The fourth-order valence-corrected chi connectivity index (χ4v) is 0.913. The summed E-state index contributed by atoms with van der Waals surface area (Å²) in [6.07, 6.45) is 2.68. The second-order valence-corrected chi connectivity index (χ2v) is 3.01. The monoisotopic (exact) mass is 169 g/mol. The molecular weight excluding hydrogens is 158 g/mol. The highest BCUT2D eigenvalue weighted by Crippen LogP contribution is 2.12. The molecule has 1 amide bonds. The van der Waals surface area contributed by atoms with Crippen molar-refractivity contribution < 1.29 is 9.90 Å². The van der Waals surface area contributed by atoms with E-state index >= 15 is 0 Å². The van der Waals surface area contributed by atoms with Gasteiger partial charge in [0.25, 0.3) is 5.91 Å². The van der Waals surface area contributed by atoms with Crippen molar-refractivity contribution in [3.63, 3.8) is 0 Å². The third-order valence-corrected chi connectivity index (χ3v) is 1.48.